The molecule has 1 aromatic heterocycles. The van der Waals surface area contributed by atoms with Crippen molar-refractivity contribution in [2.24, 2.45) is 0 Å². The van der Waals surface area contributed by atoms with Crippen LogP contribution in [-0.2, 0) is 10.0 Å². The third-order valence-corrected chi connectivity index (χ3v) is 4.59. The molecule has 0 saturated carbocycles. The molecule has 0 radical (unpaired) electrons. The maximum atomic E-state index is 11.4. The van der Waals surface area contributed by atoms with Gasteiger partial charge < -0.3 is 0 Å². The van der Waals surface area contributed by atoms with Crippen LogP contribution in [0.2, 0.25) is 0 Å². The normalized spacial score (nSPS) is 19.7. The van der Waals surface area contributed by atoms with E-state index >= 15 is 0 Å². The molecule has 0 unspecified atom stereocenters. The van der Waals surface area contributed by atoms with E-state index < -0.39 is 10.0 Å². The molecular formula is C11H19N3O2S. The Bertz CT molecular complexity index is 499. The molecule has 0 N–H and O–H groups in total. The van der Waals surface area contributed by atoms with Gasteiger partial charge in [0, 0.05) is 18.8 Å². The van der Waals surface area contributed by atoms with E-state index in [1.54, 1.807) is 4.31 Å². The van der Waals surface area contributed by atoms with Gasteiger partial charge in [-0.25, -0.2) is 12.7 Å². The summed E-state index contributed by atoms with van der Waals surface area (Å²) < 4.78 is 26.4. The fraction of sp³-hybridized carbons (Fsp3) is 0.727. The molecule has 0 aliphatic carbocycles. The molecule has 1 saturated heterocycles. The zero-order valence-corrected chi connectivity index (χ0v) is 11.4. The van der Waals surface area contributed by atoms with Crippen LogP contribution in [0.4, 0.5) is 0 Å². The van der Waals surface area contributed by atoms with Gasteiger partial charge in [0.25, 0.3) is 0 Å². The minimum atomic E-state index is -3.03. The number of piperidine rings is 1. The monoisotopic (exact) mass is 257 g/mol. The van der Waals surface area contributed by atoms with Crippen LogP contribution in [0, 0.1) is 13.8 Å². The Morgan fingerprint density at radius 3 is 2.29 bits per heavy atom. The van der Waals surface area contributed by atoms with Gasteiger partial charge in [0.15, 0.2) is 0 Å². The summed E-state index contributed by atoms with van der Waals surface area (Å²) in [4.78, 5) is 0. The van der Waals surface area contributed by atoms with Crippen molar-refractivity contribution >= 4 is 10.0 Å². The Morgan fingerprint density at radius 2 is 1.88 bits per heavy atom. The van der Waals surface area contributed by atoms with Gasteiger partial charge >= 0.3 is 0 Å². The zero-order chi connectivity index (χ0) is 12.6. The van der Waals surface area contributed by atoms with Crippen molar-refractivity contribution < 1.29 is 8.42 Å². The Morgan fingerprint density at radius 1 is 1.29 bits per heavy atom. The Hall–Kier alpha value is -0.880. The second-order valence-electron chi connectivity index (χ2n) is 4.76. The Labute approximate surface area is 102 Å². The second kappa shape index (κ2) is 4.42. The van der Waals surface area contributed by atoms with E-state index in [2.05, 4.69) is 11.2 Å². The first-order chi connectivity index (χ1) is 7.88. The minimum absolute atomic E-state index is 0.335. The van der Waals surface area contributed by atoms with Crippen LogP contribution in [0.3, 0.4) is 0 Å². The van der Waals surface area contributed by atoms with Crippen molar-refractivity contribution in [2.45, 2.75) is 32.7 Å². The van der Waals surface area contributed by atoms with Crippen LogP contribution in [-0.4, -0.2) is 41.8 Å². The summed E-state index contributed by atoms with van der Waals surface area (Å²) in [5, 5.41) is 4.47. The topological polar surface area (TPSA) is 55.2 Å². The molecule has 96 valence electrons. The highest BCUT2D eigenvalue weighted by atomic mass is 32.2. The van der Waals surface area contributed by atoms with Gasteiger partial charge in [-0.3, -0.25) is 4.68 Å². The molecule has 6 heteroatoms. The SMILES string of the molecule is Cc1cc(C)n(C2CCN(S(C)(=O)=O)CC2)n1. The molecule has 0 bridgehead atoms. The van der Waals surface area contributed by atoms with Gasteiger partial charge in [0.1, 0.15) is 0 Å². The van der Waals surface area contributed by atoms with Crippen LogP contribution in [0.5, 0.6) is 0 Å². The Kier molecular flexibility index (Phi) is 3.27. The van der Waals surface area contributed by atoms with Gasteiger partial charge in [-0.2, -0.15) is 5.10 Å². The van der Waals surface area contributed by atoms with Crippen LogP contribution in [0.1, 0.15) is 30.3 Å². The smallest absolute Gasteiger partial charge is 0.211 e. The van der Waals surface area contributed by atoms with Crippen LogP contribution in [0.15, 0.2) is 6.07 Å². The van der Waals surface area contributed by atoms with Crippen LogP contribution in [0.25, 0.3) is 0 Å². The first-order valence-corrected chi connectivity index (χ1v) is 7.70. The highest BCUT2D eigenvalue weighted by Crippen LogP contribution is 2.24. The third-order valence-electron chi connectivity index (χ3n) is 3.28. The van der Waals surface area contributed by atoms with Gasteiger partial charge in [-0.1, -0.05) is 0 Å². The number of sulfonamides is 1. The summed E-state index contributed by atoms with van der Waals surface area (Å²) in [5.74, 6) is 0. The molecular weight excluding hydrogens is 238 g/mol. The predicted molar refractivity (Wildman–Crippen MR) is 66.4 cm³/mol. The minimum Gasteiger partial charge on any atom is -0.266 e. The molecule has 1 aliphatic heterocycles. The summed E-state index contributed by atoms with van der Waals surface area (Å²) in [6, 6.07) is 2.39. The summed E-state index contributed by atoms with van der Waals surface area (Å²) in [7, 11) is -3.03. The first kappa shape index (κ1) is 12.6. The fourth-order valence-corrected chi connectivity index (χ4v) is 3.31. The molecule has 0 spiro atoms. The van der Waals surface area contributed by atoms with E-state index in [0.29, 0.717) is 19.1 Å². The maximum Gasteiger partial charge on any atom is 0.211 e. The molecule has 1 aliphatic rings. The molecule has 0 atom stereocenters. The second-order valence-corrected chi connectivity index (χ2v) is 6.75. The fourth-order valence-electron chi connectivity index (χ4n) is 2.43. The van der Waals surface area contributed by atoms with Crippen LogP contribution >= 0.6 is 0 Å². The molecule has 1 fully saturated rings. The quantitative estimate of drug-likeness (QED) is 0.797. The van der Waals surface area contributed by atoms with Gasteiger partial charge in [-0.15, -0.1) is 0 Å². The average molecular weight is 257 g/mol. The lowest BCUT2D eigenvalue weighted by atomic mass is 10.1. The van der Waals surface area contributed by atoms with E-state index in [1.807, 2.05) is 18.5 Å². The molecule has 2 rings (SSSR count). The highest BCUT2D eigenvalue weighted by Gasteiger charge is 2.26. The van der Waals surface area contributed by atoms with E-state index in [-0.39, 0.29) is 0 Å². The molecule has 2 heterocycles. The lowest BCUT2D eigenvalue weighted by Gasteiger charge is -2.30. The van der Waals surface area contributed by atoms with Crippen LogP contribution < -0.4 is 0 Å². The average Bonchev–Trinajstić information content (AvgIpc) is 2.57. The maximum absolute atomic E-state index is 11.4. The van der Waals surface area contributed by atoms with Gasteiger partial charge in [0.2, 0.25) is 10.0 Å². The van der Waals surface area contributed by atoms with E-state index in [0.717, 1.165) is 24.2 Å². The van der Waals surface area contributed by atoms with Crippen molar-refractivity contribution in [3.05, 3.63) is 17.5 Å². The first-order valence-electron chi connectivity index (χ1n) is 5.86. The number of aromatic nitrogens is 2. The summed E-state index contributed by atoms with van der Waals surface area (Å²) in [6.45, 7) is 5.22. The molecule has 1 aromatic rings. The molecule has 0 amide bonds. The van der Waals surface area contributed by atoms with Gasteiger partial charge in [0.05, 0.1) is 18.0 Å². The number of aryl methyl sites for hydroxylation is 2. The molecule has 17 heavy (non-hydrogen) atoms. The Balaban J connectivity index is 2.07. The van der Waals surface area contributed by atoms with Crippen molar-refractivity contribution in [3.8, 4) is 0 Å². The van der Waals surface area contributed by atoms with Gasteiger partial charge in [-0.05, 0) is 32.8 Å². The molecule has 5 nitrogen and oxygen atoms in total. The van der Waals surface area contributed by atoms with Crippen molar-refractivity contribution in [1.82, 2.24) is 14.1 Å². The largest absolute Gasteiger partial charge is 0.266 e. The van der Waals surface area contributed by atoms with Crippen molar-refractivity contribution in [2.75, 3.05) is 19.3 Å². The highest BCUT2D eigenvalue weighted by molar-refractivity contribution is 7.88. The summed E-state index contributed by atoms with van der Waals surface area (Å²) >= 11 is 0. The van der Waals surface area contributed by atoms with Crippen molar-refractivity contribution in [3.63, 3.8) is 0 Å². The summed E-state index contributed by atoms with van der Waals surface area (Å²) in [6.07, 6.45) is 2.96. The number of hydrogen-bond donors (Lipinski definition) is 0. The number of nitrogens with zero attached hydrogens (tertiary/aromatic N) is 3. The van der Waals surface area contributed by atoms with E-state index in [9.17, 15) is 8.42 Å². The lowest BCUT2D eigenvalue weighted by molar-refractivity contribution is 0.259. The number of hydrogen-bond acceptors (Lipinski definition) is 3. The molecule has 0 aromatic carbocycles. The predicted octanol–water partition coefficient (Wildman–Crippen LogP) is 1.10. The van der Waals surface area contributed by atoms with E-state index in [4.69, 9.17) is 0 Å². The van der Waals surface area contributed by atoms with Crippen molar-refractivity contribution in [1.29, 1.82) is 0 Å². The third kappa shape index (κ3) is 2.69. The lowest BCUT2D eigenvalue weighted by Crippen LogP contribution is -2.38. The van der Waals surface area contributed by atoms with E-state index in [1.165, 1.54) is 6.26 Å². The zero-order valence-electron chi connectivity index (χ0n) is 10.5. The summed E-state index contributed by atoms with van der Waals surface area (Å²) in [5.41, 5.74) is 2.17. The standard InChI is InChI=1S/C11H19N3O2S/c1-9-8-10(2)14(12-9)11-4-6-13(7-5-11)17(3,15)16/h8,11H,4-7H2,1-3H3. The number of rotatable bonds is 2.